The van der Waals surface area contributed by atoms with E-state index in [-0.39, 0.29) is 58.9 Å². The van der Waals surface area contributed by atoms with Gasteiger partial charge in [0.15, 0.2) is 5.82 Å². The van der Waals surface area contributed by atoms with Crippen molar-refractivity contribution >= 4 is 47.4 Å². The highest BCUT2D eigenvalue weighted by Gasteiger charge is 2.41. The van der Waals surface area contributed by atoms with Gasteiger partial charge in [-0.05, 0) is 30.7 Å². The number of nitrogens with one attached hydrogen (secondary N) is 1. The molecule has 2 aliphatic rings. The molecule has 2 aromatic heterocycles. The van der Waals surface area contributed by atoms with Gasteiger partial charge in [-0.25, -0.2) is 9.78 Å². The molecular weight excluding hydrogens is 562 g/mol. The first kappa shape index (κ1) is 28.7. The summed E-state index contributed by atoms with van der Waals surface area (Å²) >= 11 is 6.49. The van der Waals surface area contributed by atoms with Crippen molar-refractivity contribution in [2.45, 2.75) is 24.7 Å². The predicted molar refractivity (Wildman–Crippen MR) is 142 cm³/mol. The number of carbonyl (C=O) groups is 1. The number of carbonyl (C=O) groups excluding carboxylic acids is 1. The number of pyridine rings is 2. The van der Waals surface area contributed by atoms with Crippen molar-refractivity contribution in [2.24, 2.45) is 0 Å². The minimum absolute atomic E-state index is 0. The summed E-state index contributed by atoms with van der Waals surface area (Å²) in [6.07, 6.45) is -4.95. The van der Waals surface area contributed by atoms with E-state index >= 15 is 0 Å². The van der Waals surface area contributed by atoms with Crippen LogP contribution in [0.3, 0.4) is 0 Å². The Morgan fingerprint density at radius 3 is 2.72 bits per heavy atom. The fourth-order valence-corrected chi connectivity index (χ4v) is 4.75. The fraction of sp³-hybridized carbons (Fsp3) is 0.320. The van der Waals surface area contributed by atoms with Gasteiger partial charge in [-0.1, -0.05) is 29.8 Å². The maximum absolute atomic E-state index is 13.5. The van der Waals surface area contributed by atoms with Gasteiger partial charge < -0.3 is 19.8 Å². The van der Waals surface area contributed by atoms with E-state index in [1.54, 1.807) is 18.2 Å². The van der Waals surface area contributed by atoms with Crippen molar-refractivity contribution in [1.29, 1.82) is 0 Å². The molecule has 2 aliphatic heterocycles. The quantitative estimate of drug-likeness (QED) is 0.387. The molecule has 14 heteroatoms. The molecule has 3 aromatic rings. The van der Waals surface area contributed by atoms with Crippen LogP contribution in [-0.4, -0.2) is 64.7 Å². The maximum atomic E-state index is 13.5. The number of hydrogen-bond donors (Lipinski definition) is 3. The summed E-state index contributed by atoms with van der Waals surface area (Å²) in [4.78, 5) is 25.8. The average molecular weight is 586 g/mol. The van der Waals surface area contributed by atoms with E-state index in [1.807, 2.05) is 4.90 Å². The Labute approximate surface area is 232 Å². The lowest BCUT2D eigenvalue weighted by atomic mass is 10.1. The number of anilines is 3. The normalized spacial score (nSPS) is 16.8. The number of rotatable bonds is 6. The highest BCUT2D eigenvalue weighted by molar-refractivity contribution is 6.33. The second-order valence-corrected chi connectivity index (χ2v) is 9.34. The Bertz CT molecular complexity index is 1360. The SMILES string of the molecule is Cl.O=C(Nc1cccc(OCC(O)CO)n1)N1c2nc(-c3cccc(C(F)(F)F)c3)c(Cl)cc2N2CC[C@H]1C2. The third kappa shape index (κ3) is 5.98. The summed E-state index contributed by atoms with van der Waals surface area (Å²) in [6.45, 7) is 0.568. The maximum Gasteiger partial charge on any atom is 0.416 e. The molecule has 5 rings (SSSR count). The van der Waals surface area contributed by atoms with E-state index in [0.717, 1.165) is 12.1 Å². The summed E-state index contributed by atoms with van der Waals surface area (Å²) in [5.74, 6) is 0.602. The van der Waals surface area contributed by atoms with E-state index in [4.69, 9.17) is 21.4 Å². The van der Waals surface area contributed by atoms with Crippen LogP contribution in [0.1, 0.15) is 12.0 Å². The Morgan fingerprint density at radius 1 is 1.21 bits per heavy atom. The number of ether oxygens (including phenoxy) is 1. The number of halogens is 5. The van der Waals surface area contributed by atoms with Crippen molar-refractivity contribution in [3.05, 3.63) is 59.1 Å². The number of amides is 2. The number of aliphatic hydroxyl groups excluding tert-OH is 2. The number of nitrogens with zero attached hydrogens (tertiary/aromatic N) is 4. The van der Waals surface area contributed by atoms with Gasteiger partial charge in [-0.15, -0.1) is 12.4 Å². The summed E-state index contributed by atoms with van der Waals surface area (Å²) < 4.78 is 45.3. The second kappa shape index (κ2) is 11.4. The zero-order valence-corrected chi connectivity index (χ0v) is 21.8. The number of urea groups is 1. The van der Waals surface area contributed by atoms with Gasteiger partial charge in [0, 0.05) is 24.7 Å². The molecule has 1 aromatic carbocycles. The molecule has 0 aliphatic carbocycles. The molecule has 208 valence electrons. The Hall–Kier alpha value is -3.32. The lowest BCUT2D eigenvalue weighted by Crippen LogP contribution is -2.48. The summed E-state index contributed by atoms with van der Waals surface area (Å²) in [7, 11) is 0. The van der Waals surface area contributed by atoms with Crippen LogP contribution in [0.4, 0.5) is 35.3 Å². The number of alkyl halides is 3. The van der Waals surface area contributed by atoms with Crippen molar-refractivity contribution < 1.29 is 32.9 Å². The van der Waals surface area contributed by atoms with E-state index in [1.165, 1.54) is 23.1 Å². The molecule has 0 radical (unpaired) electrons. The molecule has 1 unspecified atom stereocenters. The molecule has 2 bridgehead atoms. The molecule has 1 saturated heterocycles. The number of aromatic nitrogens is 2. The van der Waals surface area contributed by atoms with Crippen LogP contribution < -0.4 is 19.9 Å². The van der Waals surface area contributed by atoms with Gasteiger partial charge in [0.25, 0.3) is 0 Å². The molecule has 2 atom stereocenters. The third-order valence-corrected chi connectivity index (χ3v) is 6.60. The van der Waals surface area contributed by atoms with Crippen LogP contribution in [-0.2, 0) is 6.18 Å². The van der Waals surface area contributed by atoms with Crippen molar-refractivity contribution in [1.82, 2.24) is 9.97 Å². The van der Waals surface area contributed by atoms with Crippen molar-refractivity contribution in [3.63, 3.8) is 0 Å². The van der Waals surface area contributed by atoms with Crippen LogP contribution in [0.2, 0.25) is 5.02 Å². The smallest absolute Gasteiger partial charge is 0.416 e. The Kier molecular flexibility index (Phi) is 8.40. The van der Waals surface area contributed by atoms with Gasteiger partial charge in [-0.3, -0.25) is 10.2 Å². The van der Waals surface area contributed by atoms with E-state index < -0.39 is 30.5 Å². The Balaban J connectivity index is 0.00000353. The third-order valence-electron chi connectivity index (χ3n) is 6.31. The molecule has 0 saturated carbocycles. The number of fused-ring (bicyclic) bond motifs is 4. The zero-order chi connectivity index (χ0) is 27.0. The average Bonchev–Trinajstić information content (AvgIpc) is 3.31. The fourth-order valence-electron chi connectivity index (χ4n) is 4.50. The van der Waals surface area contributed by atoms with Gasteiger partial charge in [0.1, 0.15) is 18.5 Å². The zero-order valence-electron chi connectivity index (χ0n) is 20.2. The van der Waals surface area contributed by atoms with Crippen molar-refractivity contribution in [2.75, 3.05) is 41.4 Å². The van der Waals surface area contributed by atoms with E-state index in [0.29, 0.717) is 25.2 Å². The molecule has 1 fully saturated rings. The lowest BCUT2D eigenvalue weighted by molar-refractivity contribution is -0.137. The second-order valence-electron chi connectivity index (χ2n) is 8.94. The highest BCUT2D eigenvalue weighted by atomic mass is 35.5. The standard InChI is InChI=1S/C25H23ClF3N5O4.ClH/c26-18-10-19-23(32-22(18)14-3-1-4-15(9-14)25(27,28)29)34(16-7-8-33(19)11-16)24(37)31-20-5-2-6-21(30-20)38-13-17(36)12-35;/h1-6,9-10,16-17,35-36H,7-8,11-13H2,(H,30,31,37);1H/t16-,17?;/m0./s1. The van der Waals surface area contributed by atoms with E-state index in [2.05, 4.69) is 15.3 Å². The first-order valence-corrected chi connectivity index (χ1v) is 12.1. The van der Waals surface area contributed by atoms with E-state index in [9.17, 15) is 23.1 Å². The topological polar surface area (TPSA) is 111 Å². The molecule has 0 spiro atoms. The van der Waals surface area contributed by atoms with Crippen LogP contribution in [0.25, 0.3) is 11.3 Å². The predicted octanol–water partition coefficient (Wildman–Crippen LogP) is 4.60. The first-order chi connectivity index (χ1) is 18.1. The van der Waals surface area contributed by atoms with Gasteiger partial charge in [-0.2, -0.15) is 18.2 Å². The molecule has 9 nitrogen and oxygen atoms in total. The number of hydrogen-bond acceptors (Lipinski definition) is 7. The summed E-state index contributed by atoms with van der Waals surface area (Å²) in [6, 6.07) is 10.3. The van der Waals surface area contributed by atoms with Crippen LogP contribution in [0.15, 0.2) is 48.5 Å². The first-order valence-electron chi connectivity index (χ1n) is 11.8. The van der Waals surface area contributed by atoms with Gasteiger partial charge in [0.2, 0.25) is 5.88 Å². The lowest BCUT2D eigenvalue weighted by Gasteiger charge is -2.36. The van der Waals surface area contributed by atoms with Crippen molar-refractivity contribution in [3.8, 4) is 17.1 Å². The Morgan fingerprint density at radius 2 is 1.97 bits per heavy atom. The molecule has 4 heterocycles. The number of benzene rings is 1. The molecule has 2 amide bonds. The monoisotopic (exact) mass is 585 g/mol. The highest BCUT2D eigenvalue weighted by Crippen LogP contribution is 2.43. The minimum Gasteiger partial charge on any atom is -0.475 e. The number of aliphatic hydroxyl groups is 2. The summed E-state index contributed by atoms with van der Waals surface area (Å²) in [5.41, 5.74) is 0.0895. The van der Waals surface area contributed by atoms with Crippen LogP contribution in [0, 0.1) is 0 Å². The van der Waals surface area contributed by atoms with Gasteiger partial charge in [0.05, 0.1) is 34.6 Å². The largest absolute Gasteiger partial charge is 0.475 e. The minimum atomic E-state index is -4.53. The molecular formula is C25H24Cl2F3N5O4. The van der Waals surface area contributed by atoms with Gasteiger partial charge >= 0.3 is 12.2 Å². The molecule has 39 heavy (non-hydrogen) atoms. The van der Waals surface area contributed by atoms with Crippen LogP contribution in [0.5, 0.6) is 5.88 Å². The van der Waals surface area contributed by atoms with Crippen LogP contribution >= 0.6 is 24.0 Å². The molecule has 3 N–H and O–H groups in total. The summed E-state index contributed by atoms with van der Waals surface area (Å²) in [5, 5.41) is 21.3.